The van der Waals surface area contributed by atoms with Crippen LogP contribution in [0.15, 0.2) is 35.4 Å². The smallest absolute Gasteiger partial charge is 0.243 e. The number of sulfonamides is 1. The van der Waals surface area contributed by atoms with Gasteiger partial charge in [0, 0.05) is 43.6 Å². The third-order valence-corrected chi connectivity index (χ3v) is 7.49. The van der Waals surface area contributed by atoms with Crippen molar-refractivity contribution in [2.24, 2.45) is 5.92 Å². The molecule has 31 heavy (non-hydrogen) atoms. The van der Waals surface area contributed by atoms with Crippen LogP contribution in [0.5, 0.6) is 11.5 Å². The Kier molecular flexibility index (Phi) is 6.19. The molecule has 2 aromatic rings. The summed E-state index contributed by atoms with van der Waals surface area (Å²) in [5.74, 6) is 1.32. The van der Waals surface area contributed by atoms with Crippen molar-refractivity contribution in [3.8, 4) is 11.5 Å². The minimum absolute atomic E-state index is 0.102. The number of rotatable bonds is 5. The van der Waals surface area contributed by atoms with Crippen molar-refractivity contribution in [2.45, 2.75) is 44.0 Å². The van der Waals surface area contributed by atoms with Gasteiger partial charge in [-0.15, -0.1) is 0 Å². The Hall–Kier alpha value is -2.59. The lowest BCUT2D eigenvalue weighted by Crippen LogP contribution is -2.41. The fourth-order valence-corrected chi connectivity index (χ4v) is 5.35. The number of piperidine rings is 1. The highest BCUT2D eigenvalue weighted by atomic mass is 32.2. The molecule has 1 N–H and O–H groups in total. The van der Waals surface area contributed by atoms with Crippen LogP contribution in [0.3, 0.4) is 0 Å². The molecular weight excluding hydrogens is 420 g/mol. The lowest BCUT2D eigenvalue weighted by atomic mass is 9.97. The monoisotopic (exact) mass is 448 g/mol. The van der Waals surface area contributed by atoms with E-state index < -0.39 is 10.0 Å². The number of hydrogen-bond donors (Lipinski definition) is 1. The maximum atomic E-state index is 13.1. The molecule has 9 nitrogen and oxygen atoms in total. The Balaban J connectivity index is 1.40. The van der Waals surface area contributed by atoms with Gasteiger partial charge in [0.05, 0.1) is 24.3 Å². The number of aromatic nitrogens is 2. The molecule has 1 fully saturated rings. The fourth-order valence-electron chi connectivity index (χ4n) is 3.86. The van der Waals surface area contributed by atoms with E-state index in [9.17, 15) is 13.2 Å². The summed E-state index contributed by atoms with van der Waals surface area (Å²) in [5, 5.41) is 7.15. The number of nitrogens with zero attached hydrogens (tertiary/aromatic N) is 3. The molecule has 1 saturated heterocycles. The van der Waals surface area contributed by atoms with Gasteiger partial charge in [0.1, 0.15) is 5.82 Å². The molecule has 0 unspecified atom stereocenters. The fraction of sp³-hybridized carbons (Fsp3) is 0.524. The molecule has 0 spiro atoms. The van der Waals surface area contributed by atoms with E-state index in [0.29, 0.717) is 43.4 Å². The van der Waals surface area contributed by atoms with Crippen LogP contribution in [0.2, 0.25) is 0 Å². The highest BCUT2D eigenvalue weighted by Crippen LogP contribution is 2.34. The Morgan fingerprint density at radius 3 is 2.55 bits per heavy atom. The third-order valence-electron chi connectivity index (χ3n) is 5.59. The van der Waals surface area contributed by atoms with E-state index in [1.807, 2.05) is 13.8 Å². The normalized spacial score (nSPS) is 18.0. The quantitative estimate of drug-likeness (QED) is 0.754. The predicted molar refractivity (Wildman–Crippen MR) is 115 cm³/mol. The van der Waals surface area contributed by atoms with Gasteiger partial charge in [-0.3, -0.25) is 4.79 Å². The summed E-state index contributed by atoms with van der Waals surface area (Å²) in [7, 11) is -3.67. The molecule has 0 saturated carbocycles. The van der Waals surface area contributed by atoms with Gasteiger partial charge in [-0.25, -0.2) is 13.1 Å². The second-order valence-electron chi connectivity index (χ2n) is 8.08. The van der Waals surface area contributed by atoms with E-state index >= 15 is 0 Å². The van der Waals surface area contributed by atoms with Crippen LogP contribution < -0.4 is 14.8 Å². The second kappa shape index (κ2) is 8.88. The van der Waals surface area contributed by atoms with E-state index in [2.05, 4.69) is 10.4 Å². The van der Waals surface area contributed by atoms with Crippen LogP contribution in [0.1, 0.15) is 39.2 Å². The minimum atomic E-state index is -3.67. The molecule has 1 amide bonds. The van der Waals surface area contributed by atoms with Crippen LogP contribution in [-0.4, -0.2) is 54.7 Å². The van der Waals surface area contributed by atoms with Crippen LogP contribution in [0.25, 0.3) is 0 Å². The molecule has 0 aliphatic carbocycles. The molecule has 10 heteroatoms. The minimum Gasteiger partial charge on any atom is -0.490 e. The van der Waals surface area contributed by atoms with Gasteiger partial charge in [-0.1, -0.05) is 0 Å². The van der Waals surface area contributed by atoms with Gasteiger partial charge in [-0.2, -0.15) is 9.40 Å². The van der Waals surface area contributed by atoms with Crippen LogP contribution >= 0.6 is 0 Å². The van der Waals surface area contributed by atoms with Gasteiger partial charge in [0.25, 0.3) is 0 Å². The summed E-state index contributed by atoms with van der Waals surface area (Å²) in [4.78, 5) is 12.9. The van der Waals surface area contributed by atoms with Gasteiger partial charge in [0.15, 0.2) is 11.5 Å². The van der Waals surface area contributed by atoms with Crippen molar-refractivity contribution in [3.05, 3.63) is 30.5 Å². The van der Waals surface area contributed by atoms with Gasteiger partial charge >= 0.3 is 0 Å². The number of anilines is 1. The molecule has 168 valence electrons. The summed E-state index contributed by atoms with van der Waals surface area (Å²) in [6, 6.07) is 6.62. The highest BCUT2D eigenvalue weighted by Gasteiger charge is 2.33. The maximum absolute atomic E-state index is 13.1. The summed E-state index contributed by atoms with van der Waals surface area (Å²) < 4.78 is 40.7. The summed E-state index contributed by atoms with van der Waals surface area (Å²) in [5.41, 5.74) is 0. The Morgan fingerprint density at radius 1 is 1.13 bits per heavy atom. The predicted octanol–water partition coefficient (Wildman–Crippen LogP) is 2.66. The van der Waals surface area contributed by atoms with Crippen LogP contribution in [0.4, 0.5) is 5.82 Å². The number of carbonyl (C=O) groups excluding carboxylic acids is 1. The number of amides is 1. The largest absolute Gasteiger partial charge is 0.490 e. The molecule has 1 aromatic heterocycles. The average molecular weight is 449 g/mol. The SMILES string of the molecule is CC(C)n1nccc1NC(=O)C1CCN(S(=O)(=O)c2ccc3c(c2)OCCCO3)CC1. The maximum Gasteiger partial charge on any atom is 0.243 e. The number of carbonyl (C=O) groups is 1. The molecule has 3 heterocycles. The Bertz CT molecular complexity index is 1040. The van der Waals surface area contributed by atoms with E-state index in [-0.39, 0.29) is 35.9 Å². The molecule has 2 aliphatic heterocycles. The van der Waals surface area contributed by atoms with Gasteiger partial charge in [0.2, 0.25) is 15.9 Å². The van der Waals surface area contributed by atoms with E-state index in [1.54, 1.807) is 29.1 Å². The number of nitrogens with one attached hydrogen (secondary N) is 1. The Labute approximate surface area is 182 Å². The van der Waals surface area contributed by atoms with Gasteiger partial charge in [-0.05, 0) is 38.8 Å². The van der Waals surface area contributed by atoms with E-state index in [4.69, 9.17) is 9.47 Å². The van der Waals surface area contributed by atoms with Gasteiger partial charge < -0.3 is 14.8 Å². The topological polar surface area (TPSA) is 103 Å². The molecule has 0 atom stereocenters. The van der Waals surface area contributed by atoms with E-state index in [1.165, 1.54) is 10.4 Å². The second-order valence-corrected chi connectivity index (χ2v) is 10.0. The molecular formula is C21H28N4O5S. The summed E-state index contributed by atoms with van der Waals surface area (Å²) in [6.45, 7) is 5.60. The van der Waals surface area contributed by atoms with Crippen LogP contribution in [-0.2, 0) is 14.8 Å². The lowest BCUT2D eigenvalue weighted by Gasteiger charge is -2.30. The number of ether oxygens (including phenoxy) is 2. The first-order valence-corrected chi connectivity index (χ1v) is 12.0. The first-order chi connectivity index (χ1) is 14.9. The standard InChI is InChI=1S/C21H28N4O5S/c1-15(2)25-20(6-9-22-25)23-21(26)16-7-10-24(11-8-16)31(27,28)17-4-5-18-19(14-17)30-13-3-12-29-18/h4-6,9,14-16H,3,7-8,10-13H2,1-2H3,(H,23,26). The van der Waals surface area contributed by atoms with Crippen LogP contribution in [0, 0.1) is 5.92 Å². The zero-order valence-corrected chi connectivity index (χ0v) is 18.6. The average Bonchev–Trinajstić information content (AvgIpc) is 3.09. The number of hydrogen-bond acceptors (Lipinski definition) is 6. The first kappa shape index (κ1) is 21.6. The van der Waals surface area contributed by atoms with E-state index in [0.717, 1.165) is 6.42 Å². The lowest BCUT2D eigenvalue weighted by molar-refractivity contribution is -0.121. The van der Waals surface area contributed by atoms with Crippen molar-refractivity contribution in [1.29, 1.82) is 0 Å². The van der Waals surface area contributed by atoms with Crippen molar-refractivity contribution in [1.82, 2.24) is 14.1 Å². The summed E-state index contributed by atoms with van der Waals surface area (Å²) >= 11 is 0. The summed E-state index contributed by atoms with van der Waals surface area (Å²) in [6.07, 6.45) is 3.33. The molecule has 1 aromatic carbocycles. The molecule has 4 rings (SSSR count). The number of fused-ring (bicyclic) bond motifs is 1. The zero-order valence-electron chi connectivity index (χ0n) is 17.8. The molecule has 0 bridgehead atoms. The van der Waals surface area contributed by atoms with Crippen molar-refractivity contribution in [2.75, 3.05) is 31.6 Å². The Morgan fingerprint density at radius 2 is 1.84 bits per heavy atom. The first-order valence-electron chi connectivity index (χ1n) is 10.6. The molecule has 0 radical (unpaired) electrons. The highest BCUT2D eigenvalue weighted by molar-refractivity contribution is 7.89. The zero-order chi connectivity index (χ0) is 22.0. The van der Waals surface area contributed by atoms with Crippen molar-refractivity contribution >= 4 is 21.7 Å². The third kappa shape index (κ3) is 4.54. The van der Waals surface area contributed by atoms with Crippen molar-refractivity contribution < 1.29 is 22.7 Å². The van der Waals surface area contributed by atoms with Crippen molar-refractivity contribution in [3.63, 3.8) is 0 Å². The molecule has 2 aliphatic rings. The number of benzene rings is 1.